The molecule has 0 unspecified atom stereocenters. The summed E-state index contributed by atoms with van der Waals surface area (Å²) >= 11 is 0. The molecule has 8 heteroatoms. The number of ether oxygens (including phenoxy) is 5. The van der Waals surface area contributed by atoms with Crippen molar-refractivity contribution in [2.24, 2.45) is 0 Å². The molecule has 0 atom stereocenters. The fourth-order valence-electron chi connectivity index (χ4n) is 2.96. The number of nitrogens with one attached hydrogen (secondary N) is 1. The highest BCUT2D eigenvalue weighted by Crippen LogP contribution is 2.37. The Kier molecular flexibility index (Phi) is 4.27. The van der Waals surface area contributed by atoms with E-state index in [-0.39, 0.29) is 12.5 Å². The van der Waals surface area contributed by atoms with Gasteiger partial charge in [0.05, 0.1) is 13.7 Å². The third kappa shape index (κ3) is 3.35. The van der Waals surface area contributed by atoms with Crippen molar-refractivity contribution in [3.05, 3.63) is 41.2 Å². The number of esters is 1. The Morgan fingerprint density at radius 1 is 1.30 bits per heavy atom. The molecule has 0 saturated carbocycles. The second-order valence-electron chi connectivity index (χ2n) is 6.64. The lowest BCUT2D eigenvalue weighted by Crippen LogP contribution is -2.37. The highest BCUT2D eigenvalue weighted by molar-refractivity contribution is 5.91. The minimum absolute atomic E-state index is 0.149. The topological polar surface area (TPSA) is 88.1 Å². The van der Waals surface area contributed by atoms with E-state index in [1.165, 1.54) is 7.11 Å². The quantitative estimate of drug-likeness (QED) is 0.820. The van der Waals surface area contributed by atoms with Crippen LogP contribution in [0, 0.1) is 0 Å². The SMILES string of the molecule is COC(=O)c1ncc(CNc2ccc3c(c2)OCO3)c2c1OC(C)(C)OC2. The fraction of sp³-hybridized carbons (Fsp3) is 0.368. The fourth-order valence-corrected chi connectivity index (χ4v) is 2.96. The maximum atomic E-state index is 12.0. The molecule has 3 heterocycles. The summed E-state index contributed by atoms with van der Waals surface area (Å²) < 4.78 is 27.2. The van der Waals surface area contributed by atoms with E-state index in [2.05, 4.69) is 10.3 Å². The van der Waals surface area contributed by atoms with Gasteiger partial charge < -0.3 is 29.0 Å². The maximum absolute atomic E-state index is 12.0. The van der Waals surface area contributed by atoms with Crippen LogP contribution in [0.5, 0.6) is 17.2 Å². The Morgan fingerprint density at radius 2 is 2.11 bits per heavy atom. The summed E-state index contributed by atoms with van der Waals surface area (Å²) in [7, 11) is 1.32. The Balaban J connectivity index is 1.61. The zero-order valence-corrected chi connectivity index (χ0v) is 15.3. The first-order valence-corrected chi connectivity index (χ1v) is 8.52. The normalized spacial score (nSPS) is 16.3. The van der Waals surface area contributed by atoms with E-state index in [1.54, 1.807) is 20.0 Å². The van der Waals surface area contributed by atoms with E-state index in [1.807, 2.05) is 18.2 Å². The van der Waals surface area contributed by atoms with Crippen LogP contribution in [-0.4, -0.2) is 30.6 Å². The zero-order valence-electron chi connectivity index (χ0n) is 15.3. The third-order valence-electron chi connectivity index (χ3n) is 4.37. The number of rotatable bonds is 4. The van der Waals surface area contributed by atoms with Crippen LogP contribution in [-0.2, 0) is 22.6 Å². The van der Waals surface area contributed by atoms with E-state index in [4.69, 9.17) is 23.7 Å². The molecule has 2 aliphatic heterocycles. The Labute approximate surface area is 156 Å². The number of anilines is 1. The van der Waals surface area contributed by atoms with Gasteiger partial charge in [0.1, 0.15) is 0 Å². The number of hydrogen-bond donors (Lipinski definition) is 1. The van der Waals surface area contributed by atoms with Crippen LogP contribution in [0.15, 0.2) is 24.4 Å². The van der Waals surface area contributed by atoms with Crippen LogP contribution in [0.4, 0.5) is 5.69 Å². The molecular weight excluding hydrogens is 352 g/mol. The molecule has 4 rings (SSSR count). The molecule has 0 aliphatic carbocycles. The van der Waals surface area contributed by atoms with E-state index >= 15 is 0 Å². The van der Waals surface area contributed by atoms with Crippen molar-refractivity contribution >= 4 is 11.7 Å². The lowest BCUT2D eigenvalue weighted by molar-refractivity contribution is -0.180. The number of pyridine rings is 1. The molecule has 1 aromatic carbocycles. The Morgan fingerprint density at radius 3 is 2.93 bits per heavy atom. The number of carbonyl (C=O) groups excluding carboxylic acids is 1. The van der Waals surface area contributed by atoms with E-state index < -0.39 is 11.8 Å². The summed E-state index contributed by atoms with van der Waals surface area (Å²) in [5.74, 6) is 0.448. The van der Waals surface area contributed by atoms with Crippen LogP contribution >= 0.6 is 0 Å². The number of fused-ring (bicyclic) bond motifs is 2. The second-order valence-corrected chi connectivity index (χ2v) is 6.64. The van der Waals surface area contributed by atoms with Crippen molar-refractivity contribution < 1.29 is 28.5 Å². The molecule has 2 aromatic rings. The van der Waals surface area contributed by atoms with Crippen molar-refractivity contribution in [1.82, 2.24) is 4.98 Å². The molecule has 2 aliphatic rings. The van der Waals surface area contributed by atoms with Gasteiger partial charge in [0.2, 0.25) is 12.6 Å². The number of carbonyl (C=O) groups is 1. The molecule has 0 spiro atoms. The van der Waals surface area contributed by atoms with Crippen molar-refractivity contribution in [3.8, 4) is 17.2 Å². The Hall–Kier alpha value is -3.00. The number of benzene rings is 1. The molecule has 142 valence electrons. The van der Waals surface area contributed by atoms with Crippen molar-refractivity contribution in [1.29, 1.82) is 0 Å². The predicted molar refractivity (Wildman–Crippen MR) is 95.0 cm³/mol. The van der Waals surface area contributed by atoms with Crippen LogP contribution in [0.1, 0.15) is 35.5 Å². The molecule has 0 fully saturated rings. The summed E-state index contributed by atoms with van der Waals surface area (Å²) in [6.07, 6.45) is 1.64. The standard InChI is InChI=1S/C19H20N2O6/c1-19(2)26-9-13-11(8-21-16(17(13)27-19)18(22)23-3)7-20-12-4-5-14-15(6-12)25-10-24-14/h4-6,8,20H,7,9-10H2,1-3H3. The number of aromatic nitrogens is 1. The number of methoxy groups -OCH3 is 1. The monoisotopic (exact) mass is 372 g/mol. The zero-order chi connectivity index (χ0) is 19.0. The van der Waals surface area contributed by atoms with Gasteiger partial charge in [-0.3, -0.25) is 0 Å². The summed E-state index contributed by atoms with van der Waals surface area (Å²) in [5.41, 5.74) is 2.67. The summed E-state index contributed by atoms with van der Waals surface area (Å²) in [5, 5.41) is 3.32. The predicted octanol–water partition coefficient (Wildman–Crippen LogP) is 2.85. The Bertz CT molecular complexity index is 896. The van der Waals surface area contributed by atoms with Gasteiger partial charge in [-0.25, -0.2) is 9.78 Å². The van der Waals surface area contributed by atoms with Crippen LogP contribution in [0.3, 0.4) is 0 Å². The summed E-state index contributed by atoms with van der Waals surface area (Å²) in [6, 6.07) is 5.64. The molecule has 8 nitrogen and oxygen atoms in total. The van der Waals surface area contributed by atoms with Crippen molar-refractivity contribution in [3.63, 3.8) is 0 Å². The van der Waals surface area contributed by atoms with Crippen LogP contribution < -0.4 is 19.5 Å². The molecule has 0 radical (unpaired) electrons. The number of nitrogens with zero attached hydrogens (tertiary/aromatic N) is 1. The van der Waals surface area contributed by atoms with E-state index in [0.717, 1.165) is 22.6 Å². The largest absolute Gasteiger partial charge is 0.464 e. The van der Waals surface area contributed by atoms with E-state index in [0.29, 0.717) is 24.7 Å². The van der Waals surface area contributed by atoms with Crippen molar-refractivity contribution in [2.45, 2.75) is 32.8 Å². The molecule has 1 aromatic heterocycles. The molecule has 0 saturated heterocycles. The molecule has 27 heavy (non-hydrogen) atoms. The molecule has 0 amide bonds. The highest BCUT2D eigenvalue weighted by Gasteiger charge is 2.33. The van der Waals surface area contributed by atoms with Crippen LogP contribution in [0.25, 0.3) is 0 Å². The maximum Gasteiger partial charge on any atom is 0.360 e. The first kappa shape index (κ1) is 17.4. The van der Waals surface area contributed by atoms with Gasteiger partial charge in [-0.15, -0.1) is 0 Å². The van der Waals surface area contributed by atoms with Gasteiger partial charge in [0, 0.05) is 43.9 Å². The minimum atomic E-state index is -0.846. The molecular formula is C19H20N2O6. The average molecular weight is 372 g/mol. The van der Waals surface area contributed by atoms with Gasteiger partial charge in [0.15, 0.2) is 22.9 Å². The van der Waals surface area contributed by atoms with E-state index in [9.17, 15) is 4.79 Å². The first-order valence-electron chi connectivity index (χ1n) is 8.52. The minimum Gasteiger partial charge on any atom is -0.464 e. The summed E-state index contributed by atoms with van der Waals surface area (Å²) in [4.78, 5) is 16.3. The first-order chi connectivity index (χ1) is 13.0. The lowest BCUT2D eigenvalue weighted by Gasteiger charge is -2.34. The van der Waals surface area contributed by atoms with Crippen molar-refractivity contribution in [2.75, 3.05) is 19.2 Å². The second kappa shape index (κ2) is 6.62. The average Bonchev–Trinajstić information content (AvgIpc) is 3.12. The van der Waals surface area contributed by atoms with Gasteiger partial charge in [0.25, 0.3) is 0 Å². The van der Waals surface area contributed by atoms with Gasteiger partial charge in [-0.05, 0) is 17.7 Å². The molecule has 1 N–H and O–H groups in total. The third-order valence-corrected chi connectivity index (χ3v) is 4.37. The lowest BCUT2D eigenvalue weighted by atomic mass is 10.1. The van der Waals surface area contributed by atoms with Gasteiger partial charge >= 0.3 is 5.97 Å². The molecule has 0 bridgehead atoms. The smallest absolute Gasteiger partial charge is 0.360 e. The van der Waals surface area contributed by atoms with Gasteiger partial charge in [-0.2, -0.15) is 0 Å². The van der Waals surface area contributed by atoms with Gasteiger partial charge in [-0.1, -0.05) is 0 Å². The highest BCUT2D eigenvalue weighted by atomic mass is 16.7. The summed E-state index contributed by atoms with van der Waals surface area (Å²) in [6.45, 7) is 4.59. The van der Waals surface area contributed by atoms with Crippen LogP contribution in [0.2, 0.25) is 0 Å². The number of hydrogen-bond acceptors (Lipinski definition) is 8.